The Morgan fingerprint density at radius 1 is 1.65 bits per heavy atom. The van der Waals surface area contributed by atoms with E-state index in [2.05, 4.69) is 9.97 Å². The van der Waals surface area contributed by atoms with Crippen molar-refractivity contribution in [1.29, 1.82) is 0 Å². The van der Waals surface area contributed by atoms with Crippen LogP contribution in [-0.4, -0.2) is 51.7 Å². The van der Waals surface area contributed by atoms with E-state index in [1.807, 2.05) is 11.8 Å². The zero-order chi connectivity index (χ0) is 14.4. The minimum absolute atomic E-state index is 0.0623. The van der Waals surface area contributed by atoms with Gasteiger partial charge in [0.05, 0.1) is 19.1 Å². The van der Waals surface area contributed by atoms with Gasteiger partial charge < -0.3 is 14.7 Å². The monoisotopic (exact) mass is 297 g/mol. The number of nitrogens with zero attached hydrogens (tertiary/aromatic N) is 3. The van der Waals surface area contributed by atoms with Gasteiger partial charge >= 0.3 is 5.97 Å². The SMILES string of the molecule is CCCOc1ccnc(N2CCSCC2CC(=O)O)n1. The Balaban J connectivity index is 2.12. The van der Waals surface area contributed by atoms with Gasteiger partial charge in [0.25, 0.3) is 0 Å². The molecule has 0 aliphatic carbocycles. The third-order valence-electron chi connectivity index (χ3n) is 2.97. The first-order chi connectivity index (χ1) is 9.70. The third-order valence-corrected chi connectivity index (χ3v) is 4.06. The van der Waals surface area contributed by atoms with Crippen molar-refractivity contribution in [3.63, 3.8) is 0 Å². The Bertz CT molecular complexity index is 458. The summed E-state index contributed by atoms with van der Waals surface area (Å²) in [6, 6.07) is 1.66. The van der Waals surface area contributed by atoms with Crippen molar-refractivity contribution in [2.24, 2.45) is 0 Å². The Kier molecular flexibility index (Phi) is 5.46. The molecule has 0 radical (unpaired) electrons. The van der Waals surface area contributed by atoms with Crippen LogP contribution in [0.5, 0.6) is 5.88 Å². The van der Waals surface area contributed by atoms with Gasteiger partial charge in [0.2, 0.25) is 11.8 Å². The second-order valence-electron chi connectivity index (χ2n) is 4.56. The van der Waals surface area contributed by atoms with Crippen LogP contribution >= 0.6 is 11.8 Å². The molecule has 7 heteroatoms. The van der Waals surface area contributed by atoms with Crippen molar-refractivity contribution in [2.45, 2.75) is 25.8 Å². The highest BCUT2D eigenvalue weighted by Crippen LogP contribution is 2.24. The van der Waals surface area contributed by atoms with E-state index in [0.717, 1.165) is 24.5 Å². The fourth-order valence-electron chi connectivity index (χ4n) is 2.05. The van der Waals surface area contributed by atoms with Gasteiger partial charge in [-0.25, -0.2) is 4.98 Å². The fraction of sp³-hybridized carbons (Fsp3) is 0.615. The minimum atomic E-state index is -0.791. The molecule has 1 saturated heterocycles. The molecule has 6 nitrogen and oxygen atoms in total. The lowest BCUT2D eigenvalue weighted by atomic mass is 10.2. The standard InChI is InChI=1S/C13H19N3O3S/c1-2-6-19-11-3-4-14-13(15-11)16-5-7-20-9-10(16)8-12(17)18/h3-4,10H,2,5-9H2,1H3,(H,17,18). The summed E-state index contributed by atoms with van der Waals surface area (Å²) in [6.45, 7) is 3.41. The Morgan fingerprint density at radius 3 is 3.25 bits per heavy atom. The molecule has 2 rings (SSSR count). The smallest absolute Gasteiger partial charge is 0.305 e. The van der Waals surface area contributed by atoms with E-state index in [9.17, 15) is 4.79 Å². The highest BCUT2D eigenvalue weighted by molar-refractivity contribution is 7.99. The summed E-state index contributed by atoms with van der Waals surface area (Å²) < 4.78 is 5.50. The van der Waals surface area contributed by atoms with Gasteiger partial charge in [-0.3, -0.25) is 4.79 Å². The highest BCUT2D eigenvalue weighted by atomic mass is 32.2. The maximum absolute atomic E-state index is 11.0. The number of aromatic nitrogens is 2. The molecule has 0 amide bonds. The maximum atomic E-state index is 11.0. The molecule has 1 aliphatic heterocycles. The van der Waals surface area contributed by atoms with Crippen LogP contribution in [0.3, 0.4) is 0 Å². The predicted molar refractivity (Wildman–Crippen MR) is 78.5 cm³/mol. The summed E-state index contributed by atoms with van der Waals surface area (Å²) in [7, 11) is 0. The first-order valence-corrected chi connectivity index (χ1v) is 7.88. The molecular formula is C13H19N3O3S. The van der Waals surface area contributed by atoms with Crippen LogP contribution in [0.25, 0.3) is 0 Å². The van der Waals surface area contributed by atoms with Gasteiger partial charge in [-0.1, -0.05) is 6.92 Å². The molecule has 1 aliphatic rings. The summed E-state index contributed by atoms with van der Waals surface area (Å²) in [5.41, 5.74) is 0. The fourth-order valence-corrected chi connectivity index (χ4v) is 3.11. The summed E-state index contributed by atoms with van der Waals surface area (Å²) in [5, 5.41) is 9.00. The van der Waals surface area contributed by atoms with E-state index in [1.165, 1.54) is 0 Å². The molecule has 0 bridgehead atoms. The van der Waals surface area contributed by atoms with Crippen molar-refractivity contribution < 1.29 is 14.6 Å². The first-order valence-electron chi connectivity index (χ1n) is 6.72. The lowest BCUT2D eigenvalue weighted by Gasteiger charge is -2.34. The van der Waals surface area contributed by atoms with Crippen LogP contribution in [-0.2, 0) is 4.79 Å². The van der Waals surface area contributed by atoms with E-state index in [4.69, 9.17) is 9.84 Å². The van der Waals surface area contributed by atoms with Crippen molar-refractivity contribution in [3.05, 3.63) is 12.3 Å². The average molecular weight is 297 g/mol. The molecule has 0 saturated carbocycles. The zero-order valence-electron chi connectivity index (χ0n) is 11.5. The quantitative estimate of drug-likeness (QED) is 0.855. The number of anilines is 1. The van der Waals surface area contributed by atoms with Gasteiger partial charge in [0, 0.05) is 30.3 Å². The minimum Gasteiger partial charge on any atom is -0.481 e. The van der Waals surface area contributed by atoms with Crippen LogP contribution in [0.2, 0.25) is 0 Å². The van der Waals surface area contributed by atoms with E-state index in [0.29, 0.717) is 18.4 Å². The second-order valence-corrected chi connectivity index (χ2v) is 5.71. The molecule has 1 unspecified atom stereocenters. The number of carbonyl (C=O) groups is 1. The molecule has 110 valence electrons. The van der Waals surface area contributed by atoms with E-state index in [1.54, 1.807) is 24.0 Å². The molecule has 0 spiro atoms. The topological polar surface area (TPSA) is 75.5 Å². The average Bonchev–Trinajstić information content (AvgIpc) is 2.45. The third kappa shape index (κ3) is 4.00. The summed E-state index contributed by atoms with van der Waals surface area (Å²) in [5.74, 6) is 2.06. The first kappa shape index (κ1) is 14.9. The van der Waals surface area contributed by atoms with Crippen LogP contribution in [0.1, 0.15) is 19.8 Å². The predicted octanol–water partition coefficient (Wildman–Crippen LogP) is 1.66. The number of ether oxygens (including phenoxy) is 1. The molecule has 1 aromatic rings. The molecule has 1 aromatic heterocycles. The normalized spacial score (nSPS) is 18.9. The zero-order valence-corrected chi connectivity index (χ0v) is 12.3. The Morgan fingerprint density at radius 2 is 2.50 bits per heavy atom. The number of hydrogen-bond acceptors (Lipinski definition) is 6. The van der Waals surface area contributed by atoms with Gasteiger partial charge in [0.1, 0.15) is 0 Å². The molecular weight excluding hydrogens is 278 g/mol. The summed E-state index contributed by atoms with van der Waals surface area (Å²) in [4.78, 5) is 21.6. The van der Waals surface area contributed by atoms with E-state index >= 15 is 0 Å². The van der Waals surface area contributed by atoms with Gasteiger partial charge in [-0.15, -0.1) is 0 Å². The van der Waals surface area contributed by atoms with Crippen LogP contribution < -0.4 is 9.64 Å². The molecule has 1 fully saturated rings. The van der Waals surface area contributed by atoms with Crippen molar-refractivity contribution in [3.8, 4) is 5.88 Å². The largest absolute Gasteiger partial charge is 0.481 e. The number of aliphatic carboxylic acids is 1. The molecule has 1 atom stereocenters. The van der Waals surface area contributed by atoms with E-state index in [-0.39, 0.29) is 12.5 Å². The lowest BCUT2D eigenvalue weighted by Crippen LogP contribution is -2.44. The number of rotatable bonds is 6. The molecule has 0 aromatic carbocycles. The molecule has 1 N–H and O–H groups in total. The highest BCUT2D eigenvalue weighted by Gasteiger charge is 2.27. The summed E-state index contributed by atoms with van der Waals surface area (Å²) in [6.07, 6.45) is 2.69. The number of thioether (sulfide) groups is 1. The van der Waals surface area contributed by atoms with Crippen molar-refractivity contribution in [2.75, 3.05) is 29.6 Å². The Labute approximate surface area is 122 Å². The lowest BCUT2D eigenvalue weighted by molar-refractivity contribution is -0.137. The van der Waals surface area contributed by atoms with E-state index < -0.39 is 5.97 Å². The number of carboxylic acids is 1. The second kappa shape index (κ2) is 7.33. The maximum Gasteiger partial charge on any atom is 0.305 e. The van der Waals surface area contributed by atoms with Gasteiger partial charge in [-0.2, -0.15) is 16.7 Å². The van der Waals surface area contributed by atoms with Gasteiger partial charge in [-0.05, 0) is 6.42 Å². The van der Waals surface area contributed by atoms with Crippen LogP contribution in [0.15, 0.2) is 12.3 Å². The summed E-state index contributed by atoms with van der Waals surface area (Å²) >= 11 is 1.77. The van der Waals surface area contributed by atoms with Gasteiger partial charge in [0.15, 0.2) is 0 Å². The Hall–Kier alpha value is -1.50. The van der Waals surface area contributed by atoms with Crippen LogP contribution in [0.4, 0.5) is 5.95 Å². The number of hydrogen-bond donors (Lipinski definition) is 1. The van der Waals surface area contributed by atoms with Crippen molar-refractivity contribution >= 4 is 23.7 Å². The number of carboxylic acid groups (broad SMARTS) is 1. The molecule has 20 heavy (non-hydrogen) atoms. The van der Waals surface area contributed by atoms with Crippen LogP contribution in [0, 0.1) is 0 Å². The van der Waals surface area contributed by atoms with Crippen molar-refractivity contribution in [1.82, 2.24) is 9.97 Å². The molecule has 2 heterocycles.